The molecule has 1 aromatic heterocycles. The molecule has 0 spiro atoms. The number of sulfonamides is 1. The second kappa shape index (κ2) is 11.1. The van der Waals surface area contributed by atoms with Crippen molar-refractivity contribution in [3.63, 3.8) is 0 Å². The zero-order valence-electron chi connectivity index (χ0n) is 16.5. The molecule has 1 heterocycles. The van der Waals surface area contributed by atoms with Crippen LogP contribution in [0.5, 0.6) is 5.75 Å². The van der Waals surface area contributed by atoms with Gasteiger partial charge in [-0.3, -0.25) is 14.3 Å². The summed E-state index contributed by atoms with van der Waals surface area (Å²) >= 11 is 0. The highest BCUT2D eigenvalue weighted by atomic mass is 32.2. The highest BCUT2D eigenvalue weighted by Gasteiger charge is 2.18. The number of H-pyrrole nitrogens is 1. The lowest BCUT2D eigenvalue weighted by molar-refractivity contribution is 0.0744. The molecule has 9 nitrogen and oxygen atoms in total. The van der Waals surface area contributed by atoms with Gasteiger partial charge in [-0.2, -0.15) is 0 Å². The fourth-order valence-electron chi connectivity index (χ4n) is 2.51. The van der Waals surface area contributed by atoms with Crippen LogP contribution in [0.15, 0.2) is 40.1 Å². The molecule has 2 N–H and O–H groups in total. The van der Waals surface area contributed by atoms with E-state index < -0.39 is 51.9 Å². The van der Waals surface area contributed by atoms with Gasteiger partial charge in [0.25, 0.3) is 12.0 Å². The summed E-state index contributed by atoms with van der Waals surface area (Å²) in [7, 11) is -3.74. The minimum Gasteiger partial charge on any atom is -0.485 e. The van der Waals surface area contributed by atoms with Crippen LogP contribution in [0, 0.1) is 5.82 Å². The largest absolute Gasteiger partial charge is 0.485 e. The van der Waals surface area contributed by atoms with Crippen LogP contribution in [-0.2, 0) is 21.5 Å². The van der Waals surface area contributed by atoms with Gasteiger partial charge in [-0.15, -0.1) is 0 Å². The molecule has 0 saturated carbocycles. The first-order chi connectivity index (χ1) is 14.6. The minimum atomic E-state index is -3.74. The van der Waals surface area contributed by atoms with E-state index in [1.54, 1.807) is 0 Å². The molecule has 1 atom stereocenters. The lowest BCUT2D eigenvalue weighted by atomic mass is 10.1. The maximum absolute atomic E-state index is 13.7. The van der Waals surface area contributed by atoms with Gasteiger partial charge in [-0.25, -0.2) is 31.1 Å². The Morgan fingerprint density at radius 3 is 2.65 bits per heavy atom. The second-order valence-electron chi connectivity index (χ2n) is 6.52. The van der Waals surface area contributed by atoms with Gasteiger partial charge in [0.05, 0.1) is 5.75 Å². The van der Waals surface area contributed by atoms with Gasteiger partial charge in [-0.05, 0) is 31.0 Å². The Bertz CT molecular complexity index is 1090. The smallest absolute Gasteiger partial charge is 0.330 e. The lowest BCUT2D eigenvalue weighted by Crippen LogP contribution is -2.30. The summed E-state index contributed by atoms with van der Waals surface area (Å²) in [6.07, 6.45) is -1.40. The van der Waals surface area contributed by atoms with Crippen LogP contribution in [0.4, 0.5) is 13.2 Å². The number of aromatic nitrogens is 2. The Hall–Kier alpha value is -2.64. The van der Waals surface area contributed by atoms with Crippen molar-refractivity contribution in [2.75, 3.05) is 19.0 Å². The van der Waals surface area contributed by atoms with E-state index in [0.717, 1.165) is 22.8 Å². The topological polar surface area (TPSA) is 119 Å². The summed E-state index contributed by atoms with van der Waals surface area (Å²) in [4.78, 5) is 24.5. The first kappa shape index (κ1) is 24.6. The van der Waals surface area contributed by atoms with Crippen LogP contribution in [0.1, 0.15) is 24.9 Å². The molecule has 0 aliphatic carbocycles. The fraction of sp³-hybridized carbons (Fsp3) is 0.444. The number of hydrogen-bond acceptors (Lipinski definition) is 6. The van der Waals surface area contributed by atoms with Gasteiger partial charge in [-0.1, -0.05) is 6.07 Å². The van der Waals surface area contributed by atoms with Gasteiger partial charge in [0.15, 0.2) is 11.6 Å². The number of halogens is 3. The molecule has 0 radical (unpaired) electrons. The Balaban J connectivity index is 1.84. The van der Waals surface area contributed by atoms with Crippen molar-refractivity contribution < 1.29 is 31.1 Å². The van der Waals surface area contributed by atoms with Crippen molar-refractivity contribution in [2.24, 2.45) is 0 Å². The van der Waals surface area contributed by atoms with Crippen molar-refractivity contribution in [3.8, 4) is 5.75 Å². The average Bonchev–Trinajstić information content (AvgIpc) is 2.68. The van der Waals surface area contributed by atoms with Crippen LogP contribution in [0.3, 0.4) is 0 Å². The molecular weight excluding hydrogens is 443 g/mol. The van der Waals surface area contributed by atoms with Gasteiger partial charge in [0, 0.05) is 24.9 Å². The Morgan fingerprint density at radius 2 is 1.97 bits per heavy atom. The molecule has 0 unspecified atom stereocenters. The third-order valence-corrected chi connectivity index (χ3v) is 5.54. The minimum absolute atomic E-state index is 0.0308. The summed E-state index contributed by atoms with van der Waals surface area (Å²) in [5.41, 5.74) is -0.851. The van der Waals surface area contributed by atoms with E-state index in [1.807, 2.05) is 0 Å². The third-order valence-electron chi connectivity index (χ3n) is 4.01. The zero-order valence-corrected chi connectivity index (χ0v) is 17.3. The van der Waals surface area contributed by atoms with Crippen molar-refractivity contribution in [3.05, 3.63) is 62.7 Å². The number of benzene rings is 1. The molecule has 2 rings (SSSR count). The summed E-state index contributed by atoms with van der Waals surface area (Å²) in [5.74, 6) is -1.51. The molecular formula is C18H22F3N3O6S. The Morgan fingerprint density at radius 1 is 1.23 bits per heavy atom. The van der Waals surface area contributed by atoms with Crippen molar-refractivity contribution in [2.45, 2.75) is 32.5 Å². The van der Waals surface area contributed by atoms with Crippen molar-refractivity contribution >= 4 is 10.0 Å². The van der Waals surface area contributed by atoms with Gasteiger partial charge in [0.1, 0.15) is 13.3 Å². The van der Waals surface area contributed by atoms with E-state index in [4.69, 9.17) is 9.47 Å². The predicted molar refractivity (Wildman–Crippen MR) is 105 cm³/mol. The van der Waals surface area contributed by atoms with E-state index >= 15 is 0 Å². The second-order valence-corrected chi connectivity index (χ2v) is 8.39. The summed E-state index contributed by atoms with van der Waals surface area (Å²) in [5, 5.41) is 0. The highest BCUT2D eigenvalue weighted by molar-refractivity contribution is 7.89. The number of hydrogen-bond donors (Lipinski definition) is 2. The van der Waals surface area contributed by atoms with Crippen LogP contribution in [0.25, 0.3) is 0 Å². The lowest BCUT2D eigenvalue weighted by Gasteiger charge is -2.16. The molecule has 0 fully saturated rings. The summed E-state index contributed by atoms with van der Waals surface area (Å²) in [6, 6.07) is 3.88. The first-order valence-corrected chi connectivity index (χ1v) is 10.8. The maximum Gasteiger partial charge on any atom is 0.330 e. The Kier molecular flexibility index (Phi) is 8.83. The zero-order chi connectivity index (χ0) is 23.0. The van der Waals surface area contributed by atoms with E-state index in [-0.39, 0.29) is 25.5 Å². The normalized spacial score (nSPS) is 12.8. The van der Waals surface area contributed by atoms with Crippen LogP contribution in [-0.4, -0.2) is 43.4 Å². The number of nitrogens with zero attached hydrogens (tertiary/aromatic N) is 1. The molecule has 172 valence electrons. The number of aromatic amines is 1. The fourth-order valence-corrected chi connectivity index (χ4v) is 3.80. The molecule has 2 aromatic rings. The average molecular weight is 465 g/mol. The molecule has 0 amide bonds. The molecule has 13 heteroatoms. The molecule has 0 aliphatic heterocycles. The van der Waals surface area contributed by atoms with Crippen molar-refractivity contribution in [1.29, 1.82) is 0 Å². The van der Waals surface area contributed by atoms with Crippen LogP contribution >= 0.6 is 0 Å². The molecule has 31 heavy (non-hydrogen) atoms. The SMILES string of the molecule is C[C@@H](NS(=O)(=O)CCCOCn1ccc(=O)[nH]c1=O)c1ccc(F)c(OCC(F)F)c1. The van der Waals surface area contributed by atoms with Crippen LogP contribution < -0.4 is 20.7 Å². The quantitative estimate of drug-likeness (QED) is 0.457. The van der Waals surface area contributed by atoms with E-state index in [1.165, 1.54) is 19.2 Å². The van der Waals surface area contributed by atoms with Gasteiger partial charge in [0.2, 0.25) is 10.0 Å². The third kappa shape index (κ3) is 8.19. The maximum atomic E-state index is 13.7. The molecule has 0 saturated heterocycles. The van der Waals surface area contributed by atoms with Gasteiger partial charge >= 0.3 is 5.69 Å². The van der Waals surface area contributed by atoms with E-state index in [9.17, 15) is 31.2 Å². The number of rotatable bonds is 12. The number of alkyl halides is 2. The van der Waals surface area contributed by atoms with Crippen LogP contribution in [0.2, 0.25) is 0 Å². The summed E-state index contributed by atoms with van der Waals surface area (Å²) < 4.78 is 76.1. The van der Waals surface area contributed by atoms with E-state index in [0.29, 0.717) is 5.56 Å². The Labute approximate surface area is 175 Å². The monoisotopic (exact) mass is 465 g/mol. The standard InChI is InChI=1S/C18H22F3N3O6S/c1-12(13-3-4-14(19)15(9-13)30-10-16(20)21)23-31(27,28)8-2-7-29-11-24-6-5-17(25)22-18(24)26/h3-6,9,12,16,23H,2,7-8,10-11H2,1H3,(H,22,25,26)/t12-/m1/s1. The number of nitrogens with one attached hydrogen (secondary N) is 2. The first-order valence-electron chi connectivity index (χ1n) is 9.15. The molecule has 0 aliphatic rings. The summed E-state index contributed by atoms with van der Waals surface area (Å²) in [6.45, 7) is 0.409. The molecule has 1 aromatic carbocycles. The molecule has 0 bridgehead atoms. The van der Waals surface area contributed by atoms with E-state index in [2.05, 4.69) is 9.71 Å². The van der Waals surface area contributed by atoms with Gasteiger partial charge < -0.3 is 9.47 Å². The van der Waals surface area contributed by atoms with Crippen molar-refractivity contribution in [1.82, 2.24) is 14.3 Å². The number of ether oxygens (including phenoxy) is 2. The predicted octanol–water partition coefficient (Wildman–Crippen LogP) is 1.36. The highest BCUT2D eigenvalue weighted by Crippen LogP contribution is 2.23.